The molecule has 1 aliphatic carbocycles. The molecule has 6 nitrogen and oxygen atoms in total. The van der Waals surface area contributed by atoms with Crippen molar-refractivity contribution in [1.82, 2.24) is 4.98 Å². The standard InChI is InChI=1S/C22H22N2O4/c1-26-20-11-10-18(24-21(20)28-19-8-3-4-9-19)13-17(14-23)15-6-5-7-16(12-15)22(25)27-2/h5-7,10-13,19H,3-4,8-9H2,1-2H3. The highest BCUT2D eigenvalue weighted by molar-refractivity contribution is 5.94. The maximum absolute atomic E-state index is 11.7. The van der Waals surface area contributed by atoms with Crippen molar-refractivity contribution in [3.05, 3.63) is 53.2 Å². The molecule has 1 aromatic heterocycles. The molecule has 28 heavy (non-hydrogen) atoms. The van der Waals surface area contributed by atoms with Crippen LogP contribution in [-0.4, -0.2) is 31.3 Å². The van der Waals surface area contributed by atoms with E-state index in [1.807, 2.05) is 0 Å². The van der Waals surface area contributed by atoms with E-state index in [0.29, 0.717) is 34.0 Å². The van der Waals surface area contributed by atoms with Crippen LogP contribution in [0.25, 0.3) is 11.6 Å². The Morgan fingerprint density at radius 2 is 1.93 bits per heavy atom. The zero-order valence-electron chi connectivity index (χ0n) is 16.0. The van der Waals surface area contributed by atoms with Gasteiger partial charge in [0.15, 0.2) is 5.75 Å². The lowest BCUT2D eigenvalue weighted by molar-refractivity contribution is 0.0600. The van der Waals surface area contributed by atoms with E-state index >= 15 is 0 Å². The molecule has 0 bridgehead atoms. The van der Waals surface area contributed by atoms with Gasteiger partial charge in [-0.25, -0.2) is 9.78 Å². The highest BCUT2D eigenvalue weighted by Gasteiger charge is 2.19. The Bertz CT molecular complexity index is 924. The molecule has 6 heteroatoms. The molecule has 0 atom stereocenters. The van der Waals surface area contributed by atoms with Crippen LogP contribution in [0.3, 0.4) is 0 Å². The molecule has 3 rings (SSSR count). The van der Waals surface area contributed by atoms with Crippen LogP contribution in [-0.2, 0) is 4.74 Å². The van der Waals surface area contributed by atoms with Gasteiger partial charge in [0.1, 0.15) is 6.10 Å². The number of hydrogen-bond donors (Lipinski definition) is 0. The zero-order chi connectivity index (χ0) is 19.9. The van der Waals surface area contributed by atoms with Crippen LogP contribution in [0.15, 0.2) is 36.4 Å². The predicted octanol–water partition coefficient (Wildman–Crippen LogP) is 4.26. The van der Waals surface area contributed by atoms with Gasteiger partial charge in [-0.05, 0) is 61.6 Å². The summed E-state index contributed by atoms with van der Waals surface area (Å²) in [6, 6.07) is 12.5. The number of nitriles is 1. The van der Waals surface area contributed by atoms with Crippen molar-refractivity contribution in [2.24, 2.45) is 0 Å². The van der Waals surface area contributed by atoms with Crippen molar-refractivity contribution in [3.8, 4) is 17.7 Å². The monoisotopic (exact) mass is 378 g/mol. The van der Waals surface area contributed by atoms with Crippen molar-refractivity contribution >= 4 is 17.6 Å². The van der Waals surface area contributed by atoms with E-state index in [2.05, 4.69) is 11.1 Å². The molecule has 2 aromatic rings. The number of aromatic nitrogens is 1. The van der Waals surface area contributed by atoms with Crippen LogP contribution in [0.2, 0.25) is 0 Å². The van der Waals surface area contributed by atoms with Crippen molar-refractivity contribution in [2.75, 3.05) is 14.2 Å². The molecule has 0 radical (unpaired) electrons. The minimum absolute atomic E-state index is 0.146. The van der Waals surface area contributed by atoms with Gasteiger partial charge in [-0.3, -0.25) is 0 Å². The van der Waals surface area contributed by atoms with Gasteiger partial charge in [0.25, 0.3) is 5.88 Å². The van der Waals surface area contributed by atoms with E-state index in [4.69, 9.17) is 14.2 Å². The Hall–Kier alpha value is -3.33. The molecule has 1 saturated carbocycles. The maximum Gasteiger partial charge on any atom is 0.337 e. The molecule has 1 fully saturated rings. The Kier molecular flexibility index (Phi) is 6.28. The summed E-state index contributed by atoms with van der Waals surface area (Å²) in [4.78, 5) is 16.3. The number of carbonyl (C=O) groups excluding carboxylic acids is 1. The predicted molar refractivity (Wildman–Crippen MR) is 105 cm³/mol. The SMILES string of the molecule is COC(=O)c1cccc(C(C#N)=Cc2ccc(OC)c(OC3CCCC3)n2)c1. The number of rotatable bonds is 6. The topological polar surface area (TPSA) is 81.4 Å². The molecular weight excluding hydrogens is 356 g/mol. The third-order valence-electron chi connectivity index (χ3n) is 4.65. The number of carbonyl (C=O) groups is 1. The van der Waals surface area contributed by atoms with Gasteiger partial charge in [-0.1, -0.05) is 12.1 Å². The second-order valence-corrected chi connectivity index (χ2v) is 6.51. The number of hydrogen-bond acceptors (Lipinski definition) is 6. The molecule has 144 valence electrons. The Morgan fingerprint density at radius 3 is 2.61 bits per heavy atom. The minimum Gasteiger partial charge on any atom is -0.491 e. The number of ether oxygens (including phenoxy) is 3. The molecule has 1 heterocycles. The summed E-state index contributed by atoms with van der Waals surface area (Å²) in [7, 11) is 2.90. The number of pyridine rings is 1. The van der Waals surface area contributed by atoms with Crippen molar-refractivity contribution < 1.29 is 19.0 Å². The molecule has 0 aliphatic heterocycles. The summed E-state index contributed by atoms with van der Waals surface area (Å²) in [6.45, 7) is 0. The zero-order valence-corrected chi connectivity index (χ0v) is 16.0. The van der Waals surface area contributed by atoms with Crippen LogP contribution in [0.1, 0.15) is 47.3 Å². The Morgan fingerprint density at radius 1 is 1.18 bits per heavy atom. The van der Waals surface area contributed by atoms with E-state index in [1.165, 1.54) is 7.11 Å². The third-order valence-corrected chi connectivity index (χ3v) is 4.65. The molecule has 0 spiro atoms. The maximum atomic E-state index is 11.7. The van der Waals surface area contributed by atoms with Gasteiger partial charge in [-0.2, -0.15) is 5.26 Å². The largest absolute Gasteiger partial charge is 0.491 e. The lowest BCUT2D eigenvalue weighted by atomic mass is 10.0. The van der Waals surface area contributed by atoms with Crippen molar-refractivity contribution in [3.63, 3.8) is 0 Å². The molecular formula is C22H22N2O4. The van der Waals surface area contributed by atoms with Gasteiger partial charge >= 0.3 is 5.97 Å². The second-order valence-electron chi connectivity index (χ2n) is 6.51. The first kappa shape index (κ1) is 19.4. The van der Waals surface area contributed by atoms with Crippen molar-refractivity contribution in [2.45, 2.75) is 31.8 Å². The van der Waals surface area contributed by atoms with Crippen LogP contribution in [0.5, 0.6) is 11.6 Å². The van der Waals surface area contributed by atoms with E-state index in [-0.39, 0.29) is 6.10 Å². The first-order valence-electron chi connectivity index (χ1n) is 9.17. The number of methoxy groups -OCH3 is 2. The van der Waals surface area contributed by atoms with Crippen LogP contribution in [0, 0.1) is 11.3 Å². The fourth-order valence-electron chi connectivity index (χ4n) is 3.19. The highest BCUT2D eigenvalue weighted by Crippen LogP contribution is 2.31. The third kappa shape index (κ3) is 4.49. The van der Waals surface area contributed by atoms with Gasteiger partial charge in [0, 0.05) is 0 Å². The van der Waals surface area contributed by atoms with Crippen LogP contribution < -0.4 is 9.47 Å². The summed E-state index contributed by atoms with van der Waals surface area (Å²) < 4.78 is 16.1. The summed E-state index contributed by atoms with van der Waals surface area (Å²) in [5, 5.41) is 9.61. The fraction of sp³-hybridized carbons (Fsp3) is 0.318. The quantitative estimate of drug-likeness (QED) is 0.552. The highest BCUT2D eigenvalue weighted by atomic mass is 16.5. The van der Waals surface area contributed by atoms with Gasteiger partial charge in [-0.15, -0.1) is 0 Å². The first-order valence-corrected chi connectivity index (χ1v) is 9.17. The minimum atomic E-state index is -0.450. The molecule has 0 unspecified atom stereocenters. The molecule has 0 saturated heterocycles. The summed E-state index contributed by atoms with van der Waals surface area (Å²) >= 11 is 0. The normalized spacial score (nSPS) is 14.4. The average molecular weight is 378 g/mol. The molecule has 0 amide bonds. The summed E-state index contributed by atoms with van der Waals surface area (Å²) in [5.41, 5.74) is 1.96. The van der Waals surface area contributed by atoms with Gasteiger partial charge in [0.05, 0.1) is 37.1 Å². The number of esters is 1. The molecule has 1 aliphatic rings. The van der Waals surface area contributed by atoms with Gasteiger partial charge < -0.3 is 14.2 Å². The lowest BCUT2D eigenvalue weighted by Gasteiger charge is -2.15. The average Bonchev–Trinajstić information content (AvgIpc) is 3.24. The lowest BCUT2D eigenvalue weighted by Crippen LogP contribution is -2.12. The van der Waals surface area contributed by atoms with E-state index in [1.54, 1.807) is 49.6 Å². The van der Waals surface area contributed by atoms with E-state index < -0.39 is 5.97 Å². The summed E-state index contributed by atoms with van der Waals surface area (Å²) in [6.07, 6.45) is 6.14. The number of allylic oxidation sites excluding steroid dienone is 1. The second kappa shape index (κ2) is 9.05. The van der Waals surface area contributed by atoms with Crippen LogP contribution >= 0.6 is 0 Å². The van der Waals surface area contributed by atoms with Gasteiger partial charge in [0.2, 0.25) is 0 Å². The fourth-order valence-corrected chi connectivity index (χ4v) is 3.19. The number of benzene rings is 1. The van der Waals surface area contributed by atoms with E-state index in [9.17, 15) is 10.1 Å². The molecule has 1 aromatic carbocycles. The van der Waals surface area contributed by atoms with Crippen LogP contribution in [0.4, 0.5) is 0 Å². The number of nitrogens with zero attached hydrogens (tertiary/aromatic N) is 2. The molecule has 0 N–H and O–H groups in total. The van der Waals surface area contributed by atoms with E-state index in [0.717, 1.165) is 25.7 Å². The smallest absolute Gasteiger partial charge is 0.337 e. The Labute approximate surface area is 164 Å². The first-order chi connectivity index (χ1) is 13.6. The summed E-state index contributed by atoms with van der Waals surface area (Å²) in [5.74, 6) is 0.549. The van der Waals surface area contributed by atoms with Crippen molar-refractivity contribution in [1.29, 1.82) is 5.26 Å². The Balaban J connectivity index is 1.92.